The van der Waals surface area contributed by atoms with Crippen molar-refractivity contribution >= 4 is 28.5 Å². The van der Waals surface area contributed by atoms with Crippen molar-refractivity contribution in [2.75, 3.05) is 5.32 Å². The number of primary amides is 1. The van der Waals surface area contributed by atoms with E-state index in [-0.39, 0.29) is 5.56 Å². The number of carboxylic acids is 1. The molecule has 0 atom stereocenters. The number of hydrogen-bond donors (Lipinski definition) is 3. The Morgan fingerprint density at radius 2 is 1.85 bits per heavy atom. The summed E-state index contributed by atoms with van der Waals surface area (Å²) in [6.45, 7) is 3.27. The first kappa shape index (κ1) is 13.8. The first-order valence-electron chi connectivity index (χ1n) is 6.02. The largest absolute Gasteiger partial charge is 0.478 e. The number of nitrogens with two attached hydrogens (primary N) is 1. The molecule has 2 aromatic rings. The average molecular weight is 273 g/mol. The number of carboxylic acid groups (broad SMARTS) is 1. The number of pyridine rings is 1. The molecule has 2 rings (SSSR count). The SMILES string of the molecule is CC(C)(Nc1ncc(C(=O)O)c2ccccc12)C(N)=O. The van der Waals surface area contributed by atoms with E-state index in [9.17, 15) is 9.59 Å². The zero-order chi connectivity index (χ0) is 14.9. The van der Waals surface area contributed by atoms with Crippen LogP contribution >= 0.6 is 0 Å². The van der Waals surface area contributed by atoms with Crippen LogP contribution in [0.2, 0.25) is 0 Å². The molecule has 0 fully saturated rings. The Kier molecular flexibility index (Phi) is 3.31. The van der Waals surface area contributed by atoms with Gasteiger partial charge < -0.3 is 16.2 Å². The number of aromatic nitrogens is 1. The summed E-state index contributed by atoms with van der Waals surface area (Å²) in [6.07, 6.45) is 1.27. The molecule has 6 heteroatoms. The van der Waals surface area contributed by atoms with Crippen LogP contribution in [-0.2, 0) is 4.79 Å². The smallest absolute Gasteiger partial charge is 0.337 e. The van der Waals surface area contributed by atoms with Crippen molar-refractivity contribution in [3.8, 4) is 0 Å². The third-order valence-corrected chi connectivity index (χ3v) is 3.07. The molecule has 0 saturated carbocycles. The highest BCUT2D eigenvalue weighted by molar-refractivity contribution is 6.07. The summed E-state index contributed by atoms with van der Waals surface area (Å²) < 4.78 is 0. The van der Waals surface area contributed by atoms with E-state index in [4.69, 9.17) is 10.8 Å². The van der Waals surface area contributed by atoms with Crippen LogP contribution in [0.1, 0.15) is 24.2 Å². The molecule has 6 nitrogen and oxygen atoms in total. The third kappa shape index (κ3) is 2.40. The Hall–Kier alpha value is -2.63. The number of nitrogens with one attached hydrogen (secondary N) is 1. The number of fused-ring (bicyclic) bond motifs is 1. The van der Waals surface area contributed by atoms with Crippen LogP contribution in [0.4, 0.5) is 5.82 Å². The van der Waals surface area contributed by atoms with E-state index >= 15 is 0 Å². The summed E-state index contributed by atoms with van der Waals surface area (Å²) in [5, 5.41) is 13.3. The fourth-order valence-electron chi connectivity index (χ4n) is 1.82. The number of nitrogens with zero attached hydrogens (tertiary/aromatic N) is 1. The summed E-state index contributed by atoms with van der Waals surface area (Å²) >= 11 is 0. The summed E-state index contributed by atoms with van der Waals surface area (Å²) in [6, 6.07) is 6.97. The molecule has 0 aliphatic heterocycles. The highest BCUT2D eigenvalue weighted by Crippen LogP contribution is 2.26. The summed E-state index contributed by atoms with van der Waals surface area (Å²) in [5.41, 5.74) is 4.45. The van der Waals surface area contributed by atoms with Crippen LogP contribution in [0.5, 0.6) is 0 Å². The maximum atomic E-state index is 11.4. The molecule has 104 valence electrons. The number of aromatic carboxylic acids is 1. The molecule has 1 heterocycles. The molecule has 0 saturated heterocycles. The van der Waals surface area contributed by atoms with Crippen LogP contribution in [0.15, 0.2) is 30.5 Å². The molecule has 0 unspecified atom stereocenters. The molecule has 0 aliphatic carbocycles. The van der Waals surface area contributed by atoms with Gasteiger partial charge in [-0.15, -0.1) is 0 Å². The Morgan fingerprint density at radius 1 is 1.25 bits per heavy atom. The van der Waals surface area contributed by atoms with Crippen LogP contribution in [0.3, 0.4) is 0 Å². The number of amides is 1. The highest BCUT2D eigenvalue weighted by Gasteiger charge is 2.26. The topological polar surface area (TPSA) is 105 Å². The predicted molar refractivity (Wildman–Crippen MR) is 75.6 cm³/mol. The molecule has 20 heavy (non-hydrogen) atoms. The van der Waals surface area contributed by atoms with Crippen molar-refractivity contribution in [2.24, 2.45) is 5.73 Å². The second-order valence-electron chi connectivity index (χ2n) is 4.99. The lowest BCUT2D eigenvalue weighted by Crippen LogP contribution is -2.45. The zero-order valence-electron chi connectivity index (χ0n) is 11.2. The lowest BCUT2D eigenvalue weighted by Gasteiger charge is -2.24. The van der Waals surface area contributed by atoms with E-state index in [1.165, 1.54) is 6.20 Å². The zero-order valence-corrected chi connectivity index (χ0v) is 11.2. The standard InChI is InChI=1S/C14H15N3O3/c1-14(2,13(15)20)17-11-9-6-4-3-5-8(9)10(7-16-11)12(18)19/h3-7H,1-2H3,(H2,15,20)(H,16,17)(H,18,19). The molecular formula is C14H15N3O3. The van der Waals surface area contributed by atoms with Crippen LogP contribution in [0.25, 0.3) is 10.8 Å². The molecule has 1 aromatic carbocycles. The van der Waals surface area contributed by atoms with E-state index in [0.29, 0.717) is 16.6 Å². The van der Waals surface area contributed by atoms with E-state index in [2.05, 4.69) is 10.3 Å². The molecule has 0 aliphatic rings. The first-order valence-corrected chi connectivity index (χ1v) is 6.02. The van der Waals surface area contributed by atoms with Gasteiger partial charge in [0.25, 0.3) is 0 Å². The van der Waals surface area contributed by atoms with Gasteiger partial charge in [-0.25, -0.2) is 9.78 Å². The number of anilines is 1. The quantitative estimate of drug-likeness (QED) is 0.784. The summed E-state index contributed by atoms with van der Waals surface area (Å²) in [4.78, 5) is 26.7. The predicted octanol–water partition coefficient (Wildman–Crippen LogP) is 1.61. The van der Waals surface area contributed by atoms with Gasteiger partial charge >= 0.3 is 5.97 Å². The minimum absolute atomic E-state index is 0.114. The number of hydrogen-bond acceptors (Lipinski definition) is 4. The Balaban J connectivity index is 2.60. The molecule has 0 spiro atoms. The van der Waals surface area contributed by atoms with E-state index in [1.54, 1.807) is 38.1 Å². The Labute approximate surface area is 115 Å². The van der Waals surface area contributed by atoms with E-state index in [0.717, 1.165) is 0 Å². The lowest BCUT2D eigenvalue weighted by atomic mass is 10.0. The van der Waals surface area contributed by atoms with Gasteiger partial charge in [0, 0.05) is 17.0 Å². The molecular weight excluding hydrogens is 258 g/mol. The summed E-state index contributed by atoms with van der Waals surface area (Å²) in [5.74, 6) is -1.14. The maximum Gasteiger partial charge on any atom is 0.337 e. The average Bonchev–Trinajstić information content (AvgIpc) is 2.38. The fraction of sp³-hybridized carbons (Fsp3) is 0.214. The highest BCUT2D eigenvalue weighted by atomic mass is 16.4. The van der Waals surface area contributed by atoms with E-state index < -0.39 is 17.4 Å². The van der Waals surface area contributed by atoms with Crippen molar-refractivity contribution in [3.05, 3.63) is 36.0 Å². The van der Waals surface area contributed by atoms with Crippen LogP contribution in [0, 0.1) is 0 Å². The van der Waals surface area contributed by atoms with Crippen molar-refractivity contribution in [1.82, 2.24) is 4.98 Å². The second kappa shape index (κ2) is 4.80. The number of benzene rings is 1. The minimum atomic E-state index is -1.05. The normalized spacial score (nSPS) is 11.3. The minimum Gasteiger partial charge on any atom is -0.478 e. The number of carbonyl (C=O) groups is 2. The lowest BCUT2D eigenvalue weighted by molar-refractivity contribution is -0.121. The van der Waals surface area contributed by atoms with Gasteiger partial charge in [-0.2, -0.15) is 0 Å². The first-order chi connectivity index (χ1) is 9.33. The molecule has 1 amide bonds. The van der Waals surface area contributed by atoms with Gasteiger partial charge in [-0.1, -0.05) is 24.3 Å². The molecule has 4 N–H and O–H groups in total. The van der Waals surface area contributed by atoms with Crippen molar-refractivity contribution in [2.45, 2.75) is 19.4 Å². The molecule has 1 aromatic heterocycles. The number of rotatable bonds is 4. The Morgan fingerprint density at radius 3 is 2.40 bits per heavy atom. The van der Waals surface area contributed by atoms with Gasteiger partial charge in [0.15, 0.2) is 0 Å². The van der Waals surface area contributed by atoms with Crippen LogP contribution < -0.4 is 11.1 Å². The van der Waals surface area contributed by atoms with E-state index in [1.807, 2.05) is 0 Å². The third-order valence-electron chi connectivity index (χ3n) is 3.07. The molecule has 0 radical (unpaired) electrons. The van der Waals surface area contributed by atoms with Gasteiger partial charge in [-0.3, -0.25) is 4.79 Å². The monoisotopic (exact) mass is 273 g/mol. The van der Waals surface area contributed by atoms with Crippen molar-refractivity contribution < 1.29 is 14.7 Å². The van der Waals surface area contributed by atoms with Gasteiger partial charge in [-0.05, 0) is 13.8 Å². The molecule has 0 bridgehead atoms. The maximum absolute atomic E-state index is 11.4. The van der Waals surface area contributed by atoms with Gasteiger partial charge in [0.05, 0.1) is 5.56 Å². The van der Waals surface area contributed by atoms with Crippen LogP contribution in [-0.4, -0.2) is 27.5 Å². The van der Waals surface area contributed by atoms with Crippen molar-refractivity contribution in [3.63, 3.8) is 0 Å². The summed E-state index contributed by atoms with van der Waals surface area (Å²) in [7, 11) is 0. The van der Waals surface area contributed by atoms with Crippen molar-refractivity contribution in [1.29, 1.82) is 0 Å². The number of carbonyl (C=O) groups excluding carboxylic acids is 1. The Bertz CT molecular complexity index is 695. The fourth-order valence-corrected chi connectivity index (χ4v) is 1.82. The van der Waals surface area contributed by atoms with Gasteiger partial charge in [0.2, 0.25) is 5.91 Å². The van der Waals surface area contributed by atoms with Gasteiger partial charge in [0.1, 0.15) is 11.4 Å². The second-order valence-corrected chi connectivity index (χ2v) is 4.99.